The van der Waals surface area contributed by atoms with E-state index in [4.69, 9.17) is 0 Å². The Hall–Kier alpha value is -2.18. The van der Waals surface area contributed by atoms with Crippen LogP contribution >= 0.6 is 27.3 Å². The second kappa shape index (κ2) is 7.39. The molecule has 0 saturated heterocycles. The number of hydrogen-bond acceptors (Lipinski definition) is 4. The van der Waals surface area contributed by atoms with Crippen molar-refractivity contribution < 1.29 is 4.79 Å². The number of halogens is 1. The number of benzene rings is 2. The first kappa shape index (κ1) is 15.7. The van der Waals surface area contributed by atoms with Crippen molar-refractivity contribution in [3.8, 4) is 0 Å². The molecular formula is C17H14BrN3OS. The fraction of sp³-hybridized carbons (Fsp3) is 0.0588. The fourth-order valence-corrected chi connectivity index (χ4v) is 3.46. The number of rotatable bonds is 5. The predicted molar refractivity (Wildman–Crippen MR) is 100 cm³/mol. The predicted octanol–water partition coefficient (Wildman–Crippen LogP) is 4.23. The van der Waals surface area contributed by atoms with Gasteiger partial charge in [-0.2, -0.15) is 5.10 Å². The van der Waals surface area contributed by atoms with Crippen LogP contribution in [0.15, 0.2) is 63.5 Å². The highest BCUT2D eigenvalue weighted by Crippen LogP contribution is 2.22. The Morgan fingerprint density at radius 3 is 2.87 bits per heavy atom. The summed E-state index contributed by atoms with van der Waals surface area (Å²) in [6, 6.07) is 16.0. The van der Waals surface area contributed by atoms with Crippen LogP contribution in [0.1, 0.15) is 4.88 Å². The van der Waals surface area contributed by atoms with Crippen LogP contribution in [0, 0.1) is 0 Å². The molecule has 0 aliphatic rings. The molecule has 0 radical (unpaired) electrons. The van der Waals surface area contributed by atoms with Crippen LogP contribution in [0.5, 0.6) is 0 Å². The molecule has 3 rings (SSSR count). The molecule has 0 spiro atoms. The molecule has 1 heterocycles. The van der Waals surface area contributed by atoms with E-state index in [1.807, 2.05) is 53.9 Å². The van der Waals surface area contributed by atoms with Crippen LogP contribution in [0.2, 0.25) is 0 Å². The van der Waals surface area contributed by atoms with E-state index in [1.165, 1.54) is 0 Å². The molecule has 0 atom stereocenters. The minimum absolute atomic E-state index is 0.166. The van der Waals surface area contributed by atoms with E-state index in [2.05, 4.69) is 31.8 Å². The highest BCUT2D eigenvalue weighted by atomic mass is 79.9. The number of thiophene rings is 1. The van der Waals surface area contributed by atoms with Crippen molar-refractivity contribution in [2.24, 2.45) is 5.10 Å². The topological polar surface area (TPSA) is 53.5 Å². The minimum Gasteiger partial charge on any atom is -0.376 e. The normalized spacial score (nSPS) is 11.0. The van der Waals surface area contributed by atoms with Gasteiger partial charge in [-0.05, 0) is 33.4 Å². The summed E-state index contributed by atoms with van der Waals surface area (Å²) in [5, 5.41) is 11.3. The molecule has 1 aromatic heterocycles. The molecule has 2 N–H and O–H groups in total. The monoisotopic (exact) mass is 387 g/mol. The van der Waals surface area contributed by atoms with Gasteiger partial charge in [0.25, 0.3) is 5.91 Å². The van der Waals surface area contributed by atoms with Gasteiger partial charge < -0.3 is 5.32 Å². The summed E-state index contributed by atoms with van der Waals surface area (Å²) in [5.74, 6) is -0.190. The van der Waals surface area contributed by atoms with Crippen molar-refractivity contribution in [2.45, 2.75) is 0 Å². The molecule has 0 saturated carbocycles. The quantitative estimate of drug-likeness (QED) is 0.508. The van der Waals surface area contributed by atoms with E-state index in [0.717, 1.165) is 25.8 Å². The van der Waals surface area contributed by atoms with Crippen molar-refractivity contribution in [3.63, 3.8) is 0 Å². The number of carbonyl (C=O) groups excluding carboxylic acids is 1. The first-order valence-electron chi connectivity index (χ1n) is 7.00. The van der Waals surface area contributed by atoms with E-state index in [0.29, 0.717) is 0 Å². The average molecular weight is 388 g/mol. The Labute approximate surface area is 146 Å². The minimum atomic E-state index is -0.190. The van der Waals surface area contributed by atoms with Gasteiger partial charge in [0.05, 0.1) is 12.8 Å². The molecular weight excluding hydrogens is 374 g/mol. The van der Waals surface area contributed by atoms with E-state index >= 15 is 0 Å². The Balaban J connectivity index is 1.57. The van der Waals surface area contributed by atoms with E-state index < -0.39 is 0 Å². The highest BCUT2D eigenvalue weighted by molar-refractivity contribution is 9.10. The van der Waals surface area contributed by atoms with Crippen LogP contribution < -0.4 is 10.7 Å². The summed E-state index contributed by atoms with van der Waals surface area (Å²) in [5.41, 5.74) is 3.45. The molecule has 23 heavy (non-hydrogen) atoms. The number of hydrazone groups is 1. The van der Waals surface area contributed by atoms with Gasteiger partial charge in [0.15, 0.2) is 0 Å². The van der Waals surface area contributed by atoms with Crippen LogP contribution in [0.4, 0.5) is 5.69 Å². The second-order valence-electron chi connectivity index (χ2n) is 4.84. The summed E-state index contributed by atoms with van der Waals surface area (Å²) in [7, 11) is 0. The Bertz CT molecular complexity index is 854. The maximum absolute atomic E-state index is 11.9. The van der Waals surface area contributed by atoms with Crippen LogP contribution in [0.25, 0.3) is 10.8 Å². The molecule has 1 amide bonds. The summed E-state index contributed by atoms with van der Waals surface area (Å²) in [6.07, 6.45) is 1.63. The third-order valence-electron chi connectivity index (χ3n) is 3.20. The molecule has 0 unspecified atom stereocenters. The number of hydrogen-bond donors (Lipinski definition) is 2. The van der Waals surface area contributed by atoms with Gasteiger partial charge in [-0.15, -0.1) is 11.3 Å². The van der Waals surface area contributed by atoms with Gasteiger partial charge in [0.1, 0.15) is 0 Å². The lowest BCUT2D eigenvalue weighted by Crippen LogP contribution is -2.25. The maximum atomic E-state index is 11.9. The number of fused-ring (bicyclic) bond motifs is 1. The summed E-state index contributed by atoms with van der Waals surface area (Å²) in [6.45, 7) is 0.166. The number of nitrogens with zero attached hydrogens (tertiary/aromatic N) is 1. The van der Waals surface area contributed by atoms with Crippen molar-refractivity contribution >= 4 is 55.8 Å². The lowest BCUT2D eigenvalue weighted by atomic mass is 10.1. The van der Waals surface area contributed by atoms with Crippen molar-refractivity contribution in [3.05, 3.63) is 63.3 Å². The van der Waals surface area contributed by atoms with E-state index in [1.54, 1.807) is 17.6 Å². The zero-order chi connectivity index (χ0) is 16.1. The van der Waals surface area contributed by atoms with E-state index in [9.17, 15) is 4.79 Å². The largest absolute Gasteiger partial charge is 0.376 e. The number of amides is 1. The van der Waals surface area contributed by atoms with Gasteiger partial charge in [-0.3, -0.25) is 4.79 Å². The first-order chi connectivity index (χ1) is 11.2. The molecule has 0 aliphatic carbocycles. The van der Waals surface area contributed by atoms with Crippen LogP contribution in [0.3, 0.4) is 0 Å². The summed E-state index contributed by atoms with van der Waals surface area (Å²) >= 11 is 4.92. The molecule has 6 heteroatoms. The lowest BCUT2D eigenvalue weighted by molar-refractivity contribution is -0.119. The lowest BCUT2D eigenvalue weighted by Gasteiger charge is -2.08. The maximum Gasteiger partial charge on any atom is 0.259 e. The molecule has 4 nitrogen and oxygen atoms in total. The Morgan fingerprint density at radius 1 is 1.22 bits per heavy atom. The average Bonchev–Trinajstić information content (AvgIpc) is 2.98. The van der Waals surface area contributed by atoms with Gasteiger partial charge in [0.2, 0.25) is 0 Å². The van der Waals surface area contributed by atoms with Crippen LogP contribution in [-0.4, -0.2) is 18.7 Å². The van der Waals surface area contributed by atoms with Gasteiger partial charge >= 0.3 is 0 Å². The SMILES string of the molecule is O=C(CNc1cccc2ccccc12)N/N=C\c1cc(Br)cs1. The van der Waals surface area contributed by atoms with Crippen molar-refractivity contribution in [2.75, 3.05) is 11.9 Å². The van der Waals surface area contributed by atoms with Gasteiger partial charge in [-0.25, -0.2) is 5.43 Å². The smallest absolute Gasteiger partial charge is 0.259 e. The van der Waals surface area contributed by atoms with E-state index in [-0.39, 0.29) is 12.5 Å². The van der Waals surface area contributed by atoms with Crippen molar-refractivity contribution in [1.82, 2.24) is 5.43 Å². The van der Waals surface area contributed by atoms with Gasteiger partial charge in [-0.1, -0.05) is 36.4 Å². The van der Waals surface area contributed by atoms with Gasteiger partial charge in [0, 0.05) is 25.8 Å². The zero-order valence-corrected chi connectivity index (χ0v) is 14.5. The molecule has 3 aromatic rings. The molecule has 0 fully saturated rings. The molecule has 2 aromatic carbocycles. The molecule has 116 valence electrons. The molecule has 0 aliphatic heterocycles. The second-order valence-corrected chi connectivity index (χ2v) is 6.70. The van der Waals surface area contributed by atoms with Crippen LogP contribution in [-0.2, 0) is 4.79 Å². The van der Waals surface area contributed by atoms with Crippen molar-refractivity contribution in [1.29, 1.82) is 0 Å². The summed E-state index contributed by atoms with van der Waals surface area (Å²) < 4.78 is 1.01. The molecule has 0 bridgehead atoms. The third-order valence-corrected chi connectivity index (χ3v) is 4.83. The highest BCUT2D eigenvalue weighted by Gasteiger charge is 2.03. The number of anilines is 1. The summed E-state index contributed by atoms with van der Waals surface area (Å²) in [4.78, 5) is 12.8. The number of carbonyl (C=O) groups is 1. The third kappa shape index (κ3) is 4.18. The standard InChI is InChI=1S/C17H14BrN3OS/c18-13-8-14(23-11-13)9-20-21-17(22)10-19-16-7-3-5-12-4-1-2-6-15(12)16/h1-9,11,19H,10H2,(H,21,22)/b20-9-. The first-order valence-corrected chi connectivity index (χ1v) is 8.67. The Kier molecular flexibility index (Phi) is 5.05. The number of nitrogens with one attached hydrogen (secondary N) is 2. The fourth-order valence-electron chi connectivity index (χ4n) is 2.16. The zero-order valence-electron chi connectivity index (χ0n) is 12.1. The Morgan fingerprint density at radius 2 is 2.04 bits per heavy atom.